The number of hydrogen-bond donors (Lipinski definition) is 0. The van der Waals surface area contributed by atoms with Crippen molar-refractivity contribution in [2.45, 2.75) is 45.4 Å². The van der Waals surface area contributed by atoms with Crippen molar-refractivity contribution in [1.82, 2.24) is 19.3 Å². The van der Waals surface area contributed by atoms with Crippen LogP contribution in [0.2, 0.25) is 0 Å². The van der Waals surface area contributed by atoms with E-state index in [1.165, 1.54) is 16.7 Å². The van der Waals surface area contributed by atoms with Crippen LogP contribution in [0.25, 0.3) is 44.2 Å². The Labute approximate surface area is 301 Å². The molecule has 8 aromatic rings. The van der Waals surface area contributed by atoms with Gasteiger partial charge in [-0.25, -0.2) is 4.98 Å². The van der Waals surface area contributed by atoms with Crippen LogP contribution in [0.4, 0.5) is 0 Å². The van der Waals surface area contributed by atoms with Crippen LogP contribution in [0.3, 0.4) is 0 Å². The van der Waals surface area contributed by atoms with Crippen molar-refractivity contribution in [2.24, 2.45) is 0 Å². The fraction of sp³-hybridized carbons (Fsp3) is 0.163. The SMILES string of the molecule is CC(C)(C)c1ccnc(-n2c3[c-]c(Oc4[c-]c(-n5ncc6ccccc65)ccc4)ccc3c3cc(C(C)(C)c4ccccc4)ccc32)c1.[Pt+2]. The molecular weight excluding hydrogens is 784 g/mol. The molecule has 0 unspecified atom stereocenters. The van der Waals surface area contributed by atoms with Gasteiger partial charge < -0.3 is 9.30 Å². The average Bonchev–Trinajstić information content (AvgIpc) is 3.67. The zero-order valence-corrected chi connectivity index (χ0v) is 30.4. The van der Waals surface area contributed by atoms with Gasteiger partial charge in [-0.2, -0.15) is 17.2 Å². The van der Waals surface area contributed by atoms with Crippen molar-refractivity contribution in [3.05, 3.63) is 156 Å². The second-order valence-corrected chi connectivity index (χ2v) is 13.9. The quantitative estimate of drug-likeness (QED) is 0.157. The first-order valence-corrected chi connectivity index (χ1v) is 16.3. The number of pyridine rings is 1. The maximum Gasteiger partial charge on any atom is 2.00 e. The van der Waals surface area contributed by atoms with Gasteiger partial charge >= 0.3 is 21.1 Å². The average molecular weight is 820 g/mol. The molecule has 0 aliphatic carbocycles. The minimum absolute atomic E-state index is 0. The Kier molecular flexibility index (Phi) is 8.29. The summed E-state index contributed by atoms with van der Waals surface area (Å²) < 4.78 is 10.5. The zero-order chi connectivity index (χ0) is 33.0. The normalized spacial score (nSPS) is 12.0. The number of ether oxygens (including phenoxy) is 1. The molecule has 0 amide bonds. The molecule has 8 rings (SSSR count). The van der Waals surface area contributed by atoms with E-state index in [1.54, 1.807) is 0 Å². The van der Waals surface area contributed by atoms with E-state index in [4.69, 9.17) is 9.72 Å². The minimum Gasteiger partial charge on any atom is -0.509 e. The van der Waals surface area contributed by atoms with Crippen LogP contribution in [0.1, 0.15) is 51.3 Å². The van der Waals surface area contributed by atoms with Gasteiger partial charge in [-0.05, 0) is 57.4 Å². The molecule has 0 aliphatic heterocycles. The Bertz CT molecular complexity index is 2450. The third kappa shape index (κ3) is 5.87. The molecule has 49 heavy (non-hydrogen) atoms. The van der Waals surface area contributed by atoms with E-state index in [2.05, 4.69) is 135 Å². The Balaban J connectivity index is 0.00000378. The molecule has 0 atom stereocenters. The molecule has 0 N–H and O–H groups in total. The van der Waals surface area contributed by atoms with Crippen molar-refractivity contribution in [3.8, 4) is 23.0 Å². The predicted octanol–water partition coefficient (Wildman–Crippen LogP) is 10.5. The first-order valence-electron chi connectivity index (χ1n) is 16.3. The van der Waals surface area contributed by atoms with Crippen LogP contribution < -0.4 is 4.74 Å². The second kappa shape index (κ2) is 12.5. The second-order valence-electron chi connectivity index (χ2n) is 13.9. The third-order valence-corrected chi connectivity index (χ3v) is 9.39. The largest absolute Gasteiger partial charge is 2.00 e. The molecule has 244 valence electrons. The number of benzene rings is 5. The van der Waals surface area contributed by atoms with E-state index in [0.717, 1.165) is 44.2 Å². The molecule has 5 nitrogen and oxygen atoms in total. The molecule has 0 saturated heterocycles. The Hall–Kier alpha value is -4.99. The van der Waals surface area contributed by atoms with Gasteiger partial charge in [0.25, 0.3) is 0 Å². The van der Waals surface area contributed by atoms with Crippen LogP contribution in [-0.4, -0.2) is 19.3 Å². The van der Waals surface area contributed by atoms with Gasteiger partial charge in [-0.15, -0.1) is 35.7 Å². The molecule has 0 spiro atoms. The Morgan fingerprint density at radius 1 is 0.633 bits per heavy atom. The van der Waals surface area contributed by atoms with Crippen molar-refractivity contribution >= 4 is 32.7 Å². The van der Waals surface area contributed by atoms with Gasteiger partial charge in [-0.1, -0.05) is 101 Å². The first-order chi connectivity index (χ1) is 23.2. The van der Waals surface area contributed by atoms with Gasteiger partial charge in [0.15, 0.2) is 0 Å². The zero-order valence-electron chi connectivity index (χ0n) is 28.1. The van der Waals surface area contributed by atoms with Crippen LogP contribution in [0.5, 0.6) is 11.5 Å². The molecule has 3 heterocycles. The summed E-state index contributed by atoms with van der Waals surface area (Å²) in [6.07, 6.45) is 3.77. The number of fused-ring (bicyclic) bond motifs is 4. The van der Waals surface area contributed by atoms with E-state index in [0.29, 0.717) is 11.5 Å². The van der Waals surface area contributed by atoms with Crippen molar-refractivity contribution < 1.29 is 25.8 Å². The van der Waals surface area contributed by atoms with Crippen molar-refractivity contribution in [3.63, 3.8) is 0 Å². The minimum atomic E-state index is -0.179. The Morgan fingerprint density at radius 2 is 1.41 bits per heavy atom. The summed E-state index contributed by atoms with van der Waals surface area (Å²) in [7, 11) is 0. The maximum atomic E-state index is 6.45. The van der Waals surface area contributed by atoms with Crippen molar-refractivity contribution in [2.75, 3.05) is 0 Å². The third-order valence-electron chi connectivity index (χ3n) is 9.39. The molecular formula is C43H36N4OPt. The summed E-state index contributed by atoms with van der Waals surface area (Å²) in [6, 6.07) is 46.9. The Morgan fingerprint density at radius 3 is 2.22 bits per heavy atom. The van der Waals surface area contributed by atoms with Gasteiger partial charge in [0.2, 0.25) is 0 Å². The summed E-state index contributed by atoms with van der Waals surface area (Å²) >= 11 is 0. The van der Waals surface area contributed by atoms with E-state index >= 15 is 0 Å². The van der Waals surface area contributed by atoms with E-state index in [1.807, 2.05) is 53.5 Å². The fourth-order valence-corrected chi connectivity index (χ4v) is 6.54. The molecule has 0 bridgehead atoms. The van der Waals surface area contributed by atoms with Crippen LogP contribution in [0.15, 0.2) is 128 Å². The molecule has 0 saturated carbocycles. The fourth-order valence-electron chi connectivity index (χ4n) is 6.54. The van der Waals surface area contributed by atoms with Gasteiger partial charge in [0, 0.05) is 34.0 Å². The molecule has 0 aliphatic rings. The summed E-state index contributed by atoms with van der Waals surface area (Å²) in [4.78, 5) is 4.88. The maximum absolute atomic E-state index is 6.45. The van der Waals surface area contributed by atoms with E-state index < -0.39 is 0 Å². The predicted molar refractivity (Wildman–Crippen MR) is 195 cm³/mol. The number of hydrogen-bond acceptors (Lipinski definition) is 3. The molecule has 0 fully saturated rings. The monoisotopic (exact) mass is 819 g/mol. The van der Waals surface area contributed by atoms with Gasteiger partial charge in [-0.3, -0.25) is 4.68 Å². The summed E-state index contributed by atoms with van der Waals surface area (Å²) in [6.45, 7) is 11.2. The van der Waals surface area contributed by atoms with Crippen LogP contribution in [-0.2, 0) is 31.9 Å². The number of rotatable bonds is 6. The topological polar surface area (TPSA) is 44.9 Å². The number of para-hydroxylation sites is 1. The number of aromatic nitrogens is 4. The summed E-state index contributed by atoms with van der Waals surface area (Å²) in [5, 5.41) is 7.92. The van der Waals surface area contributed by atoms with E-state index in [-0.39, 0.29) is 31.9 Å². The van der Waals surface area contributed by atoms with Crippen LogP contribution >= 0.6 is 0 Å². The van der Waals surface area contributed by atoms with Crippen LogP contribution in [0, 0.1) is 12.1 Å². The molecule has 3 aromatic heterocycles. The summed E-state index contributed by atoms with van der Waals surface area (Å²) in [5.41, 5.74) is 7.34. The summed E-state index contributed by atoms with van der Waals surface area (Å²) in [5.74, 6) is 2.04. The smallest absolute Gasteiger partial charge is 0.509 e. The van der Waals surface area contributed by atoms with E-state index in [9.17, 15) is 0 Å². The standard InChI is InChI=1S/C43H36N4O.Pt/c1-42(2,3)31-22-23-44-41(25-31)46-39-21-18-32(43(4,5)30-13-7-6-8-14-30)24-37(39)36-20-19-35(27-40(36)46)48-34-16-11-15-33(26-34)47-38-17-10-9-12-29(38)28-45-47;/h6-25,28H,1-5H3;/q-2;+2. The van der Waals surface area contributed by atoms with Crippen molar-refractivity contribution in [1.29, 1.82) is 0 Å². The van der Waals surface area contributed by atoms with Gasteiger partial charge in [0.05, 0.1) is 11.7 Å². The molecule has 6 heteroatoms. The molecule has 0 radical (unpaired) electrons. The molecule has 5 aromatic carbocycles. The number of nitrogens with zero attached hydrogens (tertiary/aromatic N) is 4. The van der Waals surface area contributed by atoms with Gasteiger partial charge in [0.1, 0.15) is 5.82 Å². The first kappa shape index (κ1) is 32.6.